The van der Waals surface area contributed by atoms with Gasteiger partial charge >= 0.3 is 0 Å². The van der Waals surface area contributed by atoms with Crippen LogP contribution < -0.4 is 4.74 Å². The van der Waals surface area contributed by atoms with Gasteiger partial charge in [-0.05, 0) is 12.1 Å². The van der Waals surface area contributed by atoms with Crippen LogP contribution in [0.25, 0.3) is 10.9 Å². The lowest BCUT2D eigenvalue weighted by Crippen LogP contribution is -1.87. The average molecular weight is 191 g/mol. The summed E-state index contributed by atoms with van der Waals surface area (Å²) in [5.41, 5.74) is 1.01. The van der Waals surface area contributed by atoms with Gasteiger partial charge in [-0.25, -0.2) is 0 Å². The molecule has 0 unspecified atom stereocenters. The first-order valence-electron chi connectivity index (χ1n) is 3.97. The lowest BCUT2D eigenvalue weighted by molar-refractivity contribution is 0.419. The van der Waals surface area contributed by atoms with Crippen LogP contribution in [-0.2, 0) is 0 Å². The topological polar surface area (TPSA) is 25.0 Å². The molecule has 3 heteroatoms. The predicted molar refractivity (Wildman–Crippen MR) is 55.7 cm³/mol. The van der Waals surface area contributed by atoms with Gasteiger partial charge in [-0.2, -0.15) is 0 Å². The number of methoxy groups -OCH3 is 1. The molecule has 1 aromatic heterocycles. The molecule has 0 fully saturated rings. The number of hydrogen-bond acceptors (Lipinski definition) is 2. The second kappa shape index (κ2) is 3.18. The number of aromatic amines is 1. The number of nitrogens with one attached hydrogen (secondary N) is 1. The smallest absolute Gasteiger partial charge is 0.131 e. The standard InChI is InChI=1S/C10H9NOS/c1-12-9-6-10(13)11-8-5-3-2-4-7(8)9/h2-6H,1H3,(H,11,13). The summed E-state index contributed by atoms with van der Waals surface area (Å²) in [6.07, 6.45) is 0. The number of H-pyrrole nitrogens is 1. The van der Waals surface area contributed by atoms with Gasteiger partial charge in [-0.1, -0.05) is 24.4 Å². The summed E-state index contributed by atoms with van der Waals surface area (Å²) < 4.78 is 5.91. The number of para-hydroxylation sites is 1. The van der Waals surface area contributed by atoms with E-state index < -0.39 is 0 Å². The van der Waals surface area contributed by atoms with Crippen molar-refractivity contribution in [3.63, 3.8) is 0 Å². The van der Waals surface area contributed by atoms with Crippen molar-refractivity contribution in [3.8, 4) is 5.75 Å². The first kappa shape index (κ1) is 8.26. The van der Waals surface area contributed by atoms with E-state index in [1.165, 1.54) is 0 Å². The van der Waals surface area contributed by atoms with Crippen LogP contribution in [0, 0.1) is 4.64 Å². The quantitative estimate of drug-likeness (QED) is 0.701. The van der Waals surface area contributed by atoms with Crippen molar-refractivity contribution in [1.29, 1.82) is 0 Å². The molecule has 0 atom stereocenters. The molecule has 1 aromatic carbocycles. The number of fused-ring (bicyclic) bond motifs is 1. The molecule has 0 bridgehead atoms. The second-order valence-corrected chi connectivity index (χ2v) is 3.19. The summed E-state index contributed by atoms with van der Waals surface area (Å²) in [6.45, 7) is 0. The Balaban J connectivity index is 2.89. The van der Waals surface area contributed by atoms with Crippen LogP contribution in [-0.4, -0.2) is 12.1 Å². The van der Waals surface area contributed by atoms with E-state index >= 15 is 0 Å². The van der Waals surface area contributed by atoms with Crippen molar-refractivity contribution >= 4 is 23.1 Å². The Labute approximate surface area is 81.2 Å². The Bertz CT molecular complexity index is 489. The molecular weight excluding hydrogens is 182 g/mol. The molecule has 2 rings (SSSR count). The Morgan fingerprint density at radius 3 is 2.85 bits per heavy atom. The number of benzene rings is 1. The molecule has 0 amide bonds. The van der Waals surface area contributed by atoms with Crippen LogP contribution in [0.15, 0.2) is 30.3 Å². The average Bonchev–Trinajstić information content (AvgIpc) is 2.16. The largest absolute Gasteiger partial charge is 0.496 e. The van der Waals surface area contributed by atoms with Gasteiger partial charge in [0.15, 0.2) is 0 Å². The zero-order valence-corrected chi connectivity index (χ0v) is 8.02. The molecule has 2 aromatic rings. The molecule has 0 spiro atoms. The van der Waals surface area contributed by atoms with E-state index in [4.69, 9.17) is 17.0 Å². The molecule has 1 N–H and O–H groups in total. The maximum atomic E-state index is 5.22. The molecule has 13 heavy (non-hydrogen) atoms. The van der Waals surface area contributed by atoms with E-state index in [0.29, 0.717) is 4.64 Å². The summed E-state index contributed by atoms with van der Waals surface area (Å²) >= 11 is 5.06. The number of rotatable bonds is 1. The molecule has 0 aliphatic carbocycles. The number of pyridine rings is 1. The van der Waals surface area contributed by atoms with Crippen LogP contribution in [0.5, 0.6) is 5.75 Å². The minimum absolute atomic E-state index is 0.690. The highest BCUT2D eigenvalue weighted by molar-refractivity contribution is 7.71. The van der Waals surface area contributed by atoms with Gasteiger partial charge in [0.05, 0.1) is 12.6 Å². The monoisotopic (exact) mass is 191 g/mol. The van der Waals surface area contributed by atoms with E-state index in [0.717, 1.165) is 16.7 Å². The van der Waals surface area contributed by atoms with Crippen LogP contribution in [0.2, 0.25) is 0 Å². The lowest BCUT2D eigenvalue weighted by Gasteiger charge is -2.04. The van der Waals surface area contributed by atoms with Gasteiger partial charge in [-0.3, -0.25) is 0 Å². The molecule has 0 aliphatic heterocycles. The highest BCUT2D eigenvalue weighted by atomic mass is 32.1. The zero-order chi connectivity index (χ0) is 9.26. The summed E-state index contributed by atoms with van der Waals surface area (Å²) in [4.78, 5) is 3.10. The van der Waals surface area contributed by atoms with Crippen molar-refractivity contribution in [2.24, 2.45) is 0 Å². The third-order valence-corrected chi connectivity index (χ3v) is 2.15. The number of ether oxygens (including phenoxy) is 1. The summed E-state index contributed by atoms with van der Waals surface area (Å²) in [5, 5.41) is 1.05. The zero-order valence-electron chi connectivity index (χ0n) is 7.20. The molecule has 2 nitrogen and oxygen atoms in total. The van der Waals surface area contributed by atoms with Crippen LogP contribution in [0.4, 0.5) is 0 Å². The summed E-state index contributed by atoms with van der Waals surface area (Å²) in [7, 11) is 1.65. The van der Waals surface area contributed by atoms with Gasteiger partial charge in [0.2, 0.25) is 0 Å². The SMILES string of the molecule is COc1cc(=S)[nH]c2ccccc12. The molecule has 0 saturated carbocycles. The molecular formula is C10H9NOS. The van der Waals surface area contributed by atoms with Gasteiger partial charge in [0, 0.05) is 11.5 Å². The summed E-state index contributed by atoms with van der Waals surface area (Å²) in [6, 6.07) is 9.74. The second-order valence-electron chi connectivity index (χ2n) is 2.75. The number of aromatic nitrogens is 1. The van der Waals surface area contributed by atoms with Crippen molar-refractivity contribution in [3.05, 3.63) is 35.0 Å². The fraction of sp³-hybridized carbons (Fsp3) is 0.100. The maximum Gasteiger partial charge on any atom is 0.131 e. The molecule has 0 saturated heterocycles. The fourth-order valence-corrected chi connectivity index (χ4v) is 1.56. The van der Waals surface area contributed by atoms with Crippen LogP contribution in [0.1, 0.15) is 0 Å². The molecule has 66 valence electrons. The Kier molecular flexibility index (Phi) is 2.02. The van der Waals surface area contributed by atoms with E-state index in [1.54, 1.807) is 7.11 Å². The van der Waals surface area contributed by atoms with Crippen molar-refractivity contribution < 1.29 is 4.74 Å². The lowest BCUT2D eigenvalue weighted by atomic mass is 10.2. The Hall–Kier alpha value is -1.35. The molecule has 1 heterocycles. The third-order valence-electron chi connectivity index (χ3n) is 1.93. The first-order valence-corrected chi connectivity index (χ1v) is 4.38. The van der Waals surface area contributed by atoms with Crippen LogP contribution >= 0.6 is 12.2 Å². The van der Waals surface area contributed by atoms with Gasteiger partial charge in [0.1, 0.15) is 10.4 Å². The normalized spacial score (nSPS) is 10.2. The number of hydrogen-bond donors (Lipinski definition) is 1. The van der Waals surface area contributed by atoms with Crippen molar-refractivity contribution in [1.82, 2.24) is 4.98 Å². The van der Waals surface area contributed by atoms with Gasteiger partial charge in [0.25, 0.3) is 0 Å². The fourth-order valence-electron chi connectivity index (χ4n) is 1.34. The van der Waals surface area contributed by atoms with Crippen LogP contribution in [0.3, 0.4) is 0 Å². The van der Waals surface area contributed by atoms with Gasteiger partial charge < -0.3 is 9.72 Å². The van der Waals surface area contributed by atoms with E-state index in [1.807, 2.05) is 30.3 Å². The van der Waals surface area contributed by atoms with Gasteiger partial charge in [-0.15, -0.1) is 0 Å². The highest BCUT2D eigenvalue weighted by Gasteiger charge is 1.99. The minimum atomic E-state index is 0.690. The Morgan fingerprint density at radius 2 is 2.08 bits per heavy atom. The maximum absolute atomic E-state index is 5.22. The Morgan fingerprint density at radius 1 is 1.31 bits per heavy atom. The third kappa shape index (κ3) is 1.42. The van der Waals surface area contributed by atoms with E-state index in [2.05, 4.69) is 4.98 Å². The molecule has 0 radical (unpaired) electrons. The summed E-state index contributed by atoms with van der Waals surface area (Å²) in [5.74, 6) is 0.819. The first-order chi connectivity index (χ1) is 6.31. The van der Waals surface area contributed by atoms with E-state index in [9.17, 15) is 0 Å². The van der Waals surface area contributed by atoms with Crippen molar-refractivity contribution in [2.75, 3.05) is 7.11 Å². The predicted octanol–water partition coefficient (Wildman–Crippen LogP) is 2.91. The highest BCUT2D eigenvalue weighted by Crippen LogP contribution is 2.23. The molecule has 0 aliphatic rings. The minimum Gasteiger partial charge on any atom is -0.496 e. The van der Waals surface area contributed by atoms with Crippen molar-refractivity contribution in [2.45, 2.75) is 0 Å². The van der Waals surface area contributed by atoms with E-state index in [-0.39, 0.29) is 0 Å².